The van der Waals surface area contributed by atoms with Crippen molar-refractivity contribution in [1.29, 1.82) is 0 Å². The van der Waals surface area contributed by atoms with Gasteiger partial charge in [0.1, 0.15) is 5.82 Å². The van der Waals surface area contributed by atoms with E-state index in [1.807, 2.05) is 12.4 Å². The fourth-order valence-corrected chi connectivity index (χ4v) is 3.10. The van der Waals surface area contributed by atoms with Gasteiger partial charge in [0, 0.05) is 30.9 Å². The SMILES string of the molecule is CCn1ccnc1CC(O)C(C)(C)N1CCCCCC1. The minimum atomic E-state index is -0.381. The van der Waals surface area contributed by atoms with Crippen LogP contribution in [-0.4, -0.2) is 44.3 Å². The van der Waals surface area contributed by atoms with E-state index in [-0.39, 0.29) is 11.6 Å². The van der Waals surface area contributed by atoms with Crippen LogP contribution in [0.5, 0.6) is 0 Å². The molecule has 1 atom stereocenters. The molecule has 2 heterocycles. The number of hydrogen-bond acceptors (Lipinski definition) is 3. The van der Waals surface area contributed by atoms with Gasteiger partial charge in [-0.05, 0) is 46.7 Å². The summed E-state index contributed by atoms with van der Waals surface area (Å²) >= 11 is 0. The number of aliphatic hydroxyl groups is 1. The van der Waals surface area contributed by atoms with Crippen LogP contribution < -0.4 is 0 Å². The summed E-state index contributed by atoms with van der Waals surface area (Å²) in [6.45, 7) is 9.56. The number of nitrogens with zero attached hydrogens (tertiary/aromatic N) is 3. The van der Waals surface area contributed by atoms with Crippen molar-refractivity contribution >= 4 is 0 Å². The first-order valence-electron chi connectivity index (χ1n) is 7.99. The lowest BCUT2D eigenvalue weighted by Gasteiger charge is -2.41. The summed E-state index contributed by atoms with van der Waals surface area (Å²) in [5.41, 5.74) is -0.186. The van der Waals surface area contributed by atoms with E-state index in [1.54, 1.807) is 0 Å². The molecule has 2 rings (SSSR count). The summed E-state index contributed by atoms with van der Waals surface area (Å²) < 4.78 is 2.11. The highest BCUT2D eigenvalue weighted by atomic mass is 16.3. The molecule has 1 aliphatic heterocycles. The van der Waals surface area contributed by atoms with Gasteiger partial charge in [0.05, 0.1) is 6.10 Å². The van der Waals surface area contributed by atoms with E-state index in [0.717, 1.165) is 25.5 Å². The van der Waals surface area contributed by atoms with E-state index in [2.05, 4.69) is 35.2 Å². The predicted octanol–water partition coefficient (Wildman–Crippen LogP) is 2.46. The second-order valence-corrected chi connectivity index (χ2v) is 6.40. The van der Waals surface area contributed by atoms with Crippen LogP contribution in [-0.2, 0) is 13.0 Å². The maximum Gasteiger partial charge on any atom is 0.111 e. The molecule has 0 radical (unpaired) electrons. The summed E-state index contributed by atoms with van der Waals surface area (Å²) in [5, 5.41) is 10.7. The van der Waals surface area contributed by atoms with Gasteiger partial charge in [-0.2, -0.15) is 0 Å². The molecule has 1 saturated heterocycles. The van der Waals surface area contributed by atoms with Crippen LogP contribution in [0.15, 0.2) is 12.4 Å². The Balaban J connectivity index is 2.03. The normalized spacial score (nSPS) is 19.8. The monoisotopic (exact) mass is 279 g/mol. The first kappa shape index (κ1) is 15.5. The smallest absolute Gasteiger partial charge is 0.111 e. The lowest BCUT2D eigenvalue weighted by Crippen LogP contribution is -2.53. The van der Waals surface area contributed by atoms with Crippen molar-refractivity contribution in [3.05, 3.63) is 18.2 Å². The fraction of sp³-hybridized carbons (Fsp3) is 0.812. The number of hydrogen-bond donors (Lipinski definition) is 1. The zero-order valence-corrected chi connectivity index (χ0v) is 13.2. The minimum absolute atomic E-state index is 0.186. The van der Waals surface area contributed by atoms with Gasteiger partial charge in [0.25, 0.3) is 0 Å². The first-order valence-corrected chi connectivity index (χ1v) is 7.99. The van der Waals surface area contributed by atoms with Crippen LogP contribution in [0.3, 0.4) is 0 Å². The molecule has 1 unspecified atom stereocenters. The predicted molar refractivity (Wildman–Crippen MR) is 81.7 cm³/mol. The molecular weight excluding hydrogens is 250 g/mol. The third-order valence-electron chi connectivity index (χ3n) is 4.75. The maximum atomic E-state index is 10.7. The molecule has 1 fully saturated rings. The van der Waals surface area contributed by atoms with Gasteiger partial charge in [-0.3, -0.25) is 4.90 Å². The quantitative estimate of drug-likeness (QED) is 0.900. The summed E-state index contributed by atoms with van der Waals surface area (Å²) in [5.74, 6) is 0.989. The Bertz CT molecular complexity index is 406. The van der Waals surface area contributed by atoms with E-state index < -0.39 is 0 Å². The number of aryl methyl sites for hydroxylation is 1. The molecule has 0 amide bonds. The molecule has 1 N–H and O–H groups in total. The van der Waals surface area contributed by atoms with Gasteiger partial charge < -0.3 is 9.67 Å². The Morgan fingerprint density at radius 1 is 1.25 bits per heavy atom. The highest BCUT2D eigenvalue weighted by molar-refractivity contribution is 5.00. The van der Waals surface area contributed by atoms with E-state index >= 15 is 0 Å². The summed E-state index contributed by atoms with van der Waals surface area (Å²) in [6, 6.07) is 0. The lowest BCUT2D eigenvalue weighted by atomic mass is 9.91. The fourth-order valence-electron chi connectivity index (χ4n) is 3.10. The lowest BCUT2D eigenvalue weighted by molar-refractivity contribution is -0.00921. The van der Waals surface area contributed by atoms with E-state index in [0.29, 0.717) is 6.42 Å². The number of imidazole rings is 1. The van der Waals surface area contributed by atoms with E-state index in [9.17, 15) is 5.11 Å². The molecule has 114 valence electrons. The Morgan fingerprint density at radius 3 is 2.50 bits per heavy atom. The van der Waals surface area contributed by atoms with Crippen molar-refractivity contribution in [2.75, 3.05) is 13.1 Å². The zero-order valence-electron chi connectivity index (χ0n) is 13.2. The molecule has 0 aromatic carbocycles. The molecular formula is C16H29N3O. The van der Waals surface area contributed by atoms with Crippen LogP contribution in [0, 0.1) is 0 Å². The van der Waals surface area contributed by atoms with Crippen LogP contribution in [0.1, 0.15) is 52.3 Å². The van der Waals surface area contributed by atoms with Crippen molar-refractivity contribution in [3.8, 4) is 0 Å². The van der Waals surface area contributed by atoms with Gasteiger partial charge in [-0.15, -0.1) is 0 Å². The number of likely N-dealkylation sites (tertiary alicyclic amines) is 1. The van der Waals surface area contributed by atoms with Gasteiger partial charge in [0.2, 0.25) is 0 Å². The molecule has 20 heavy (non-hydrogen) atoms. The number of aliphatic hydroxyl groups excluding tert-OH is 1. The largest absolute Gasteiger partial charge is 0.391 e. The second kappa shape index (κ2) is 6.72. The van der Waals surface area contributed by atoms with Gasteiger partial charge in [-0.1, -0.05) is 12.8 Å². The summed E-state index contributed by atoms with van der Waals surface area (Å²) in [4.78, 5) is 6.85. The van der Waals surface area contributed by atoms with Gasteiger partial charge in [0.15, 0.2) is 0 Å². The van der Waals surface area contributed by atoms with Crippen LogP contribution in [0.25, 0.3) is 0 Å². The van der Waals surface area contributed by atoms with Crippen molar-refractivity contribution in [1.82, 2.24) is 14.5 Å². The molecule has 1 aromatic heterocycles. The van der Waals surface area contributed by atoms with Crippen molar-refractivity contribution in [2.24, 2.45) is 0 Å². The zero-order chi connectivity index (χ0) is 14.6. The third-order valence-corrected chi connectivity index (χ3v) is 4.75. The van der Waals surface area contributed by atoms with Gasteiger partial charge >= 0.3 is 0 Å². The van der Waals surface area contributed by atoms with Crippen LogP contribution >= 0.6 is 0 Å². The standard InChI is InChI=1S/C16H29N3O/c1-4-18-12-9-17-15(18)13-14(20)16(2,3)19-10-7-5-6-8-11-19/h9,12,14,20H,4-8,10-11,13H2,1-3H3. The Hall–Kier alpha value is -0.870. The molecule has 1 aliphatic rings. The molecule has 4 nitrogen and oxygen atoms in total. The van der Waals surface area contributed by atoms with Crippen LogP contribution in [0.2, 0.25) is 0 Å². The molecule has 0 aliphatic carbocycles. The van der Waals surface area contributed by atoms with Crippen molar-refractivity contribution in [2.45, 2.75) is 71.1 Å². The molecule has 4 heteroatoms. The molecule has 1 aromatic rings. The molecule has 0 bridgehead atoms. The Kier molecular flexibility index (Phi) is 5.22. The number of rotatable bonds is 5. The average molecular weight is 279 g/mol. The van der Waals surface area contributed by atoms with E-state index in [1.165, 1.54) is 25.7 Å². The summed E-state index contributed by atoms with van der Waals surface area (Å²) in [6.07, 6.45) is 9.20. The Labute approximate surface area is 122 Å². The molecule has 0 saturated carbocycles. The highest BCUT2D eigenvalue weighted by Gasteiger charge is 2.35. The van der Waals surface area contributed by atoms with E-state index in [4.69, 9.17) is 0 Å². The average Bonchev–Trinajstić information content (AvgIpc) is 2.70. The second-order valence-electron chi connectivity index (χ2n) is 6.40. The minimum Gasteiger partial charge on any atom is -0.391 e. The highest BCUT2D eigenvalue weighted by Crippen LogP contribution is 2.25. The van der Waals surface area contributed by atoms with Gasteiger partial charge in [-0.25, -0.2) is 4.98 Å². The third kappa shape index (κ3) is 3.41. The topological polar surface area (TPSA) is 41.3 Å². The van der Waals surface area contributed by atoms with Crippen molar-refractivity contribution in [3.63, 3.8) is 0 Å². The first-order chi connectivity index (χ1) is 9.55. The van der Waals surface area contributed by atoms with Crippen molar-refractivity contribution < 1.29 is 5.11 Å². The summed E-state index contributed by atoms with van der Waals surface area (Å²) in [7, 11) is 0. The Morgan fingerprint density at radius 2 is 1.90 bits per heavy atom. The molecule has 0 spiro atoms. The number of aromatic nitrogens is 2. The van der Waals surface area contributed by atoms with Crippen LogP contribution in [0.4, 0.5) is 0 Å². The maximum absolute atomic E-state index is 10.7.